The first-order valence-electron chi connectivity index (χ1n) is 4.82. The summed E-state index contributed by atoms with van der Waals surface area (Å²) in [6.45, 7) is -0.446. The molecule has 114 valence electrons. The van der Waals surface area contributed by atoms with Gasteiger partial charge in [-0.1, -0.05) is 11.3 Å². The molecule has 1 rings (SSSR count). The van der Waals surface area contributed by atoms with Crippen LogP contribution in [0.15, 0.2) is 10.3 Å². The normalized spacial score (nSPS) is 12.3. The Labute approximate surface area is 118 Å². The minimum absolute atomic E-state index is 0.137. The van der Waals surface area contributed by atoms with Crippen molar-refractivity contribution in [2.24, 2.45) is 11.0 Å². The van der Waals surface area contributed by atoms with Crippen LogP contribution < -0.4 is 21.1 Å². The smallest absolute Gasteiger partial charge is 0.306 e. The highest BCUT2D eigenvalue weighted by molar-refractivity contribution is 7.92. The molecule has 0 atom stereocenters. The quantitative estimate of drug-likeness (QED) is 0.261. The number of nitrogen functional groups attached to an aromatic ring is 1. The molecule has 0 aromatic carbocycles. The molecule has 0 amide bonds. The summed E-state index contributed by atoms with van der Waals surface area (Å²) in [5, 5.41) is 15.3. The number of anilines is 1. The number of nitrogens with two attached hydrogens (primary N) is 2. The van der Waals surface area contributed by atoms with Crippen molar-refractivity contribution in [3.05, 3.63) is 16.2 Å². The van der Waals surface area contributed by atoms with Crippen LogP contribution in [0.4, 0.5) is 10.7 Å². The van der Waals surface area contributed by atoms with Gasteiger partial charge in [-0.05, 0) is 0 Å². The van der Waals surface area contributed by atoms with Crippen molar-refractivity contribution < 1.29 is 21.8 Å². The summed E-state index contributed by atoms with van der Waals surface area (Å²) in [5.74, 6) is 4.45. The molecule has 1 heterocycles. The summed E-state index contributed by atoms with van der Waals surface area (Å²) in [4.78, 5) is 9.88. The zero-order valence-electron chi connectivity index (χ0n) is 9.77. The second-order valence-electron chi connectivity index (χ2n) is 3.45. The lowest BCUT2D eigenvalue weighted by atomic mass is 10.5. The van der Waals surface area contributed by atoms with Crippen LogP contribution in [0.5, 0.6) is 0 Å². The Morgan fingerprint density at radius 2 is 1.95 bits per heavy atom. The summed E-state index contributed by atoms with van der Waals surface area (Å²) in [6.07, 6.45) is 0. The second-order valence-corrected chi connectivity index (χ2v) is 8.23. The Morgan fingerprint density at radius 1 is 1.35 bits per heavy atom. The molecular weight excluding hydrogens is 334 g/mol. The Kier molecular flexibility index (Phi) is 5.00. The van der Waals surface area contributed by atoms with E-state index in [1.807, 2.05) is 10.1 Å². The largest absolute Gasteiger partial charge is 0.310 e. The summed E-state index contributed by atoms with van der Waals surface area (Å²) in [6, 6.07) is 0.819. The van der Waals surface area contributed by atoms with E-state index in [-0.39, 0.29) is 9.21 Å². The van der Waals surface area contributed by atoms with Gasteiger partial charge in [-0.15, -0.1) is 0 Å². The predicted molar refractivity (Wildman–Crippen MR) is 71.9 cm³/mol. The lowest BCUT2D eigenvalue weighted by molar-refractivity contribution is -0.383. The molecule has 0 fully saturated rings. The van der Waals surface area contributed by atoms with Crippen LogP contribution in [0.25, 0.3) is 0 Å². The first-order valence-corrected chi connectivity index (χ1v) is 8.83. The highest BCUT2D eigenvalue weighted by atomic mass is 32.2. The predicted octanol–water partition coefficient (Wildman–Crippen LogP) is -1.49. The molecule has 1 aromatic rings. The van der Waals surface area contributed by atoms with Gasteiger partial charge in [0.05, 0.1) is 10.7 Å². The van der Waals surface area contributed by atoms with Gasteiger partial charge in [0.1, 0.15) is 4.21 Å². The second kappa shape index (κ2) is 5.98. The van der Waals surface area contributed by atoms with Crippen molar-refractivity contribution in [3.8, 4) is 0 Å². The van der Waals surface area contributed by atoms with Crippen LogP contribution in [0.2, 0.25) is 0 Å². The van der Waals surface area contributed by atoms with E-state index in [4.69, 9.17) is 11.0 Å². The highest BCUT2D eigenvalue weighted by Crippen LogP contribution is 2.36. The maximum Gasteiger partial charge on any atom is 0.306 e. The van der Waals surface area contributed by atoms with Crippen molar-refractivity contribution in [1.29, 1.82) is 0 Å². The van der Waals surface area contributed by atoms with E-state index in [0.29, 0.717) is 11.3 Å². The van der Waals surface area contributed by atoms with Crippen LogP contribution in [-0.2, 0) is 20.0 Å². The van der Waals surface area contributed by atoms with Gasteiger partial charge in [0, 0.05) is 12.6 Å². The van der Waals surface area contributed by atoms with Crippen molar-refractivity contribution in [2.75, 3.05) is 17.7 Å². The van der Waals surface area contributed by atoms with E-state index >= 15 is 0 Å². The van der Waals surface area contributed by atoms with Gasteiger partial charge in [0.15, 0.2) is 5.00 Å². The zero-order chi connectivity index (χ0) is 15.6. The number of nitrogens with zero attached hydrogens (tertiary/aromatic N) is 1. The van der Waals surface area contributed by atoms with Gasteiger partial charge in [-0.3, -0.25) is 10.1 Å². The van der Waals surface area contributed by atoms with Crippen molar-refractivity contribution in [3.63, 3.8) is 0 Å². The molecule has 14 heteroatoms. The minimum atomic E-state index is -4.08. The van der Waals surface area contributed by atoms with E-state index < -0.39 is 43.0 Å². The van der Waals surface area contributed by atoms with Crippen LogP contribution in [0.1, 0.15) is 0 Å². The molecule has 0 saturated heterocycles. The Bertz CT molecular complexity index is 707. The summed E-state index contributed by atoms with van der Waals surface area (Å²) in [5.41, 5.74) is 1.52. The first-order chi connectivity index (χ1) is 9.07. The standard InChI is InChI=1S/C6H11N5O6S3/c7-10-6-4(11(12)13)3-5(18-6)20(16,17)9-1-2-19(8,14)15/h3,9-10H,1-2,7H2,(H2,8,14,15). The van der Waals surface area contributed by atoms with Crippen LogP contribution >= 0.6 is 11.3 Å². The fraction of sp³-hybridized carbons (Fsp3) is 0.333. The molecule has 0 aliphatic rings. The molecule has 0 unspecified atom stereocenters. The Morgan fingerprint density at radius 3 is 2.35 bits per heavy atom. The van der Waals surface area contributed by atoms with E-state index in [9.17, 15) is 26.9 Å². The van der Waals surface area contributed by atoms with Crippen LogP contribution in [-0.4, -0.2) is 34.1 Å². The number of rotatable bonds is 7. The highest BCUT2D eigenvalue weighted by Gasteiger charge is 2.25. The zero-order valence-corrected chi connectivity index (χ0v) is 12.2. The molecule has 11 nitrogen and oxygen atoms in total. The van der Waals surface area contributed by atoms with Crippen LogP contribution in [0.3, 0.4) is 0 Å². The van der Waals surface area contributed by atoms with Gasteiger partial charge < -0.3 is 5.43 Å². The summed E-state index contributed by atoms with van der Waals surface area (Å²) < 4.78 is 46.5. The number of hydrogen-bond donors (Lipinski definition) is 4. The monoisotopic (exact) mass is 345 g/mol. The van der Waals surface area contributed by atoms with Gasteiger partial charge >= 0.3 is 5.69 Å². The summed E-state index contributed by atoms with van der Waals surface area (Å²) in [7, 11) is -7.89. The topological polar surface area (TPSA) is 188 Å². The van der Waals surface area contributed by atoms with E-state index in [1.165, 1.54) is 0 Å². The lowest BCUT2D eigenvalue weighted by Gasteiger charge is -2.02. The minimum Gasteiger partial charge on any atom is -0.310 e. The number of primary sulfonamides is 1. The fourth-order valence-electron chi connectivity index (χ4n) is 1.12. The Balaban J connectivity index is 2.96. The van der Waals surface area contributed by atoms with Crippen LogP contribution in [0, 0.1) is 10.1 Å². The van der Waals surface area contributed by atoms with Gasteiger partial charge in [-0.2, -0.15) is 0 Å². The van der Waals surface area contributed by atoms with Gasteiger partial charge in [0.2, 0.25) is 20.0 Å². The molecule has 6 N–H and O–H groups in total. The third-order valence-electron chi connectivity index (χ3n) is 1.96. The van der Waals surface area contributed by atoms with Gasteiger partial charge in [-0.25, -0.2) is 32.5 Å². The molecule has 20 heavy (non-hydrogen) atoms. The van der Waals surface area contributed by atoms with E-state index in [1.54, 1.807) is 0 Å². The van der Waals surface area contributed by atoms with E-state index in [2.05, 4.69) is 0 Å². The van der Waals surface area contributed by atoms with Crippen molar-refractivity contribution in [2.45, 2.75) is 4.21 Å². The molecule has 0 radical (unpaired) electrons. The van der Waals surface area contributed by atoms with Crippen molar-refractivity contribution in [1.82, 2.24) is 4.72 Å². The number of nitrogens with one attached hydrogen (secondary N) is 2. The third kappa shape index (κ3) is 4.36. The number of thiophene rings is 1. The average Bonchev–Trinajstić information content (AvgIpc) is 2.71. The summed E-state index contributed by atoms with van der Waals surface area (Å²) >= 11 is 0.544. The number of hydrazine groups is 1. The lowest BCUT2D eigenvalue weighted by Crippen LogP contribution is -2.31. The maximum atomic E-state index is 11.8. The molecule has 1 aromatic heterocycles. The molecule has 0 bridgehead atoms. The first kappa shape index (κ1) is 16.7. The third-order valence-corrected chi connectivity index (χ3v) is 5.72. The average molecular weight is 345 g/mol. The fourth-order valence-corrected chi connectivity index (χ4v) is 3.95. The van der Waals surface area contributed by atoms with Gasteiger partial charge in [0.25, 0.3) is 0 Å². The number of nitro groups is 1. The number of hydrogen-bond acceptors (Lipinski definition) is 9. The molecular formula is C6H11N5O6S3. The Hall–Kier alpha value is -1.32. The molecule has 0 spiro atoms. The maximum absolute atomic E-state index is 11.8. The van der Waals surface area contributed by atoms with Crippen molar-refractivity contribution >= 4 is 42.1 Å². The SMILES string of the molecule is NNc1sc(S(=O)(=O)NCCS(N)(=O)=O)cc1[N+](=O)[O-]. The molecule has 0 saturated carbocycles. The van der Waals surface area contributed by atoms with E-state index in [0.717, 1.165) is 6.07 Å². The molecule has 0 aliphatic carbocycles. The molecule has 0 aliphatic heterocycles. The number of sulfonamides is 2.